The minimum atomic E-state index is -1.13. The number of hydrogen-bond acceptors (Lipinski definition) is 3. The van der Waals surface area contributed by atoms with Gasteiger partial charge in [-0.3, -0.25) is 0 Å². The van der Waals surface area contributed by atoms with Gasteiger partial charge in [-0.2, -0.15) is 12.6 Å². The van der Waals surface area contributed by atoms with Gasteiger partial charge in [0.05, 0.1) is 5.97 Å². The fourth-order valence-corrected chi connectivity index (χ4v) is 0. The zero-order chi connectivity index (χ0) is 4.28. The second-order valence-corrected chi connectivity index (χ2v) is 0.846. The van der Waals surface area contributed by atoms with Crippen molar-refractivity contribution in [3.63, 3.8) is 0 Å². The maximum Gasteiger partial charge on any atom is 1.00 e. The second-order valence-electron chi connectivity index (χ2n) is 0.530. The van der Waals surface area contributed by atoms with E-state index in [0.717, 1.165) is 0 Å². The third-order valence-corrected chi connectivity index (χ3v) is 0.387. The summed E-state index contributed by atoms with van der Waals surface area (Å²) in [5.41, 5.74) is 0. The first-order valence-electron chi connectivity index (χ1n) is 1.08. The summed E-state index contributed by atoms with van der Waals surface area (Å²) in [5.74, 6) is -1.33. The first kappa shape index (κ1) is 9.75. The Balaban J connectivity index is 0. The average Bonchev–Trinajstić information content (AvgIpc) is 1.38. The van der Waals surface area contributed by atoms with Crippen LogP contribution in [0.15, 0.2) is 0 Å². The van der Waals surface area contributed by atoms with Crippen LogP contribution in [0.5, 0.6) is 0 Å². The summed E-state index contributed by atoms with van der Waals surface area (Å²) in [7, 11) is 0. The number of carbonyl (C=O) groups is 1. The van der Waals surface area contributed by atoms with Crippen molar-refractivity contribution in [1.29, 1.82) is 0 Å². The minimum absolute atomic E-state index is 0. The molecule has 0 unspecified atom stereocenters. The topological polar surface area (TPSA) is 40.1 Å². The third kappa shape index (κ3) is 8.82. The van der Waals surface area contributed by atoms with Crippen LogP contribution in [0, 0.1) is 0 Å². The molecule has 40 valence electrons. The van der Waals surface area contributed by atoms with E-state index in [1.165, 1.54) is 0 Å². The molecule has 0 saturated heterocycles. The van der Waals surface area contributed by atoms with Gasteiger partial charge in [-0.1, -0.05) is 0 Å². The molecule has 0 aromatic carbocycles. The van der Waals surface area contributed by atoms with Crippen molar-refractivity contribution >= 4 is 18.6 Å². The van der Waals surface area contributed by atoms with E-state index in [0.29, 0.717) is 0 Å². The van der Waals surface area contributed by atoms with Gasteiger partial charge >= 0.3 is 22.4 Å². The molecule has 2 nitrogen and oxygen atoms in total. The summed E-state index contributed by atoms with van der Waals surface area (Å²) < 4.78 is 0. The fourth-order valence-electron chi connectivity index (χ4n) is 0. The molecule has 4 heteroatoms. The van der Waals surface area contributed by atoms with Gasteiger partial charge in [0, 0.05) is 5.75 Å². The number of rotatable bonds is 1. The van der Waals surface area contributed by atoms with Gasteiger partial charge in [-0.05, 0) is 0 Å². The monoisotopic (exact) mass is 198 g/mol. The van der Waals surface area contributed by atoms with E-state index >= 15 is 0 Å². The zero-order valence-electron chi connectivity index (χ0n) is 2.77. The van der Waals surface area contributed by atoms with E-state index in [4.69, 9.17) is 0 Å². The van der Waals surface area contributed by atoms with Crippen molar-refractivity contribution in [3.8, 4) is 0 Å². The van der Waals surface area contributed by atoms with Crippen LogP contribution in [0.2, 0.25) is 0 Å². The third-order valence-electron chi connectivity index (χ3n) is 0.129. The Morgan fingerprint density at radius 2 is 2.00 bits per heavy atom. The summed E-state index contributed by atoms with van der Waals surface area (Å²) in [5, 5.41) is 9.18. The quantitative estimate of drug-likeness (QED) is 0.419. The largest absolute Gasteiger partial charge is 1.00 e. The van der Waals surface area contributed by atoms with Crippen molar-refractivity contribution in [2.24, 2.45) is 0 Å². The van der Waals surface area contributed by atoms with Gasteiger partial charge in [0.2, 0.25) is 0 Å². The van der Waals surface area contributed by atoms with E-state index in [1.54, 1.807) is 0 Å². The normalized spacial score (nSPS) is 6.17. The van der Waals surface area contributed by atoms with Crippen LogP contribution in [0.3, 0.4) is 0 Å². The van der Waals surface area contributed by atoms with Crippen LogP contribution >= 0.6 is 12.6 Å². The number of carbonyl (C=O) groups excluding carboxylic acids is 1. The molecular weight excluding hydrogens is 196 g/mol. The molecule has 0 fully saturated rings. The van der Waals surface area contributed by atoms with Gasteiger partial charge in [-0.15, -0.1) is 0 Å². The molecule has 0 heterocycles. The average molecular weight is 199 g/mol. The molecule has 0 atom stereocenters. The van der Waals surface area contributed by atoms with E-state index in [2.05, 4.69) is 12.6 Å². The molecule has 0 spiro atoms. The van der Waals surface area contributed by atoms with Gasteiger partial charge < -0.3 is 9.90 Å². The molecule has 0 aromatic rings. The van der Waals surface area contributed by atoms with Crippen LogP contribution in [0.25, 0.3) is 0 Å². The Kier molecular flexibility index (Phi) is 9.04. The Bertz CT molecular complexity index is 46.8. The van der Waals surface area contributed by atoms with Crippen molar-refractivity contribution in [1.82, 2.24) is 0 Å². The van der Waals surface area contributed by atoms with E-state index < -0.39 is 5.97 Å². The number of carboxylic acid groups (broad SMARTS) is 1. The maximum absolute atomic E-state index is 9.18. The van der Waals surface area contributed by atoms with Crippen molar-refractivity contribution < 1.29 is 32.3 Å². The summed E-state index contributed by atoms with van der Waals surface area (Å²) in [6, 6.07) is 0. The maximum atomic E-state index is 9.18. The summed E-state index contributed by atoms with van der Waals surface area (Å²) in [4.78, 5) is 9.18. The van der Waals surface area contributed by atoms with Crippen LogP contribution < -0.4 is 5.11 Å². The Morgan fingerprint density at radius 3 is 2.00 bits per heavy atom. The molecule has 0 aliphatic rings. The predicted molar refractivity (Wildman–Crippen MR) is 18.9 cm³/mol. The van der Waals surface area contributed by atoms with E-state index in [-0.39, 0.29) is 28.1 Å². The summed E-state index contributed by atoms with van der Waals surface area (Å²) in [6.07, 6.45) is 0. The standard InChI is InChI=1S/C2H4O2S.Ag/c3-2(4)1-5;/h5H,1H2,(H,3,4);/q;+1/p-1. The van der Waals surface area contributed by atoms with Gasteiger partial charge in [-0.25, -0.2) is 0 Å². The molecular formula is C2H3AgO2S. The number of hydrogen-bond donors (Lipinski definition) is 1. The van der Waals surface area contributed by atoms with Crippen molar-refractivity contribution in [2.45, 2.75) is 0 Å². The molecule has 0 rings (SSSR count). The smallest absolute Gasteiger partial charge is 0.549 e. The summed E-state index contributed by atoms with van der Waals surface area (Å²) >= 11 is 3.35. The molecule has 6 heavy (non-hydrogen) atoms. The molecule has 0 aliphatic carbocycles. The molecule has 0 radical (unpaired) electrons. The van der Waals surface area contributed by atoms with Crippen molar-refractivity contribution in [3.05, 3.63) is 0 Å². The molecule has 0 amide bonds. The van der Waals surface area contributed by atoms with E-state index in [1.807, 2.05) is 0 Å². The number of aliphatic carboxylic acids is 1. The van der Waals surface area contributed by atoms with Crippen LogP contribution in [0.1, 0.15) is 0 Å². The fraction of sp³-hybridized carbons (Fsp3) is 0.500. The zero-order valence-corrected chi connectivity index (χ0v) is 5.15. The molecule has 0 bridgehead atoms. The molecule has 0 aliphatic heterocycles. The Hall–Kier alpha value is 0.560. The van der Waals surface area contributed by atoms with Crippen LogP contribution in [-0.4, -0.2) is 11.7 Å². The summed E-state index contributed by atoms with van der Waals surface area (Å²) in [6.45, 7) is 0. The second kappa shape index (κ2) is 5.56. The van der Waals surface area contributed by atoms with Crippen LogP contribution in [-0.2, 0) is 27.2 Å². The van der Waals surface area contributed by atoms with E-state index in [9.17, 15) is 9.90 Å². The predicted octanol–water partition coefficient (Wildman–Crippen LogP) is -1.34. The first-order chi connectivity index (χ1) is 2.27. The number of carboxylic acids is 1. The SMILES string of the molecule is O=C([O-])CS.[Ag+]. The van der Waals surface area contributed by atoms with Crippen molar-refractivity contribution in [2.75, 3.05) is 5.75 Å². The van der Waals surface area contributed by atoms with Gasteiger partial charge in [0.1, 0.15) is 0 Å². The Labute approximate surface area is 56.8 Å². The Morgan fingerprint density at radius 1 is 1.83 bits per heavy atom. The minimum Gasteiger partial charge on any atom is -0.549 e. The van der Waals surface area contributed by atoms with Crippen LogP contribution in [0.4, 0.5) is 0 Å². The molecule has 0 saturated carbocycles. The number of thiol groups is 1. The first-order valence-corrected chi connectivity index (χ1v) is 1.71. The molecule has 0 aromatic heterocycles. The van der Waals surface area contributed by atoms with Gasteiger partial charge in [0.25, 0.3) is 0 Å². The molecule has 0 N–H and O–H groups in total. The van der Waals surface area contributed by atoms with Gasteiger partial charge in [0.15, 0.2) is 0 Å².